The van der Waals surface area contributed by atoms with E-state index in [1.165, 1.54) is 0 Å². The van der Waals surface area contributed by atoms with Crippen LogP contribution in [0.3, 0.4) is 0 Å². The molecule has 3 rings (SSSR count). The number of aryl methyl sites for hydroxylation is 1. The number of carbonyl (C=O) groups is 2. The average Bonchev–Trinajstić information content (AvgIpc) is 3.13. The van der Waals surface area contributed by atoms with Crippen molar-refractivity contribution in [2.45, 2.75) is 78.4 Å². The number of amides is 2. The Hall–Kier alpha value is -2.03. The monoisotopic (exact) mass is 477 g/mol. The topological polar surface area (TPSA) is 101 Å². The first kappa shape index (κ1) is 24.6. The molecule has 1 aliphatic carbocycles. The highest BCUT2D eigenvalue weighted by Gasteiger charge is 2.33. The zero-order valence-corrected chi connectivity index (χ0v) is 20.7. The Bertz CT molecular complexity index is 972. The Balaban J connectivity index is 1.84. The van der Waals surface area contributed by atoms with Crippen LogP contribution in [0.25, 0.3) is 0 Å². The van der Waals surface area contributed by atoms with Crippen LogP contribution in [0.4, 0.5) is 5.69 Å². The van der Waals surface area contributed by atoms with Gasteiger partial charge in [0, 0.05) is 35.8 Å². The lowest BCUT2D eigenvalue weighted by atomic mass is 9.87. The second-order valence-corrected chi connectivity index (χ2v) is 10.9. The molecule has 9 heteroatoms. The van der Waals surface area contributed by atoms with Crippen LogP contribution in [-0.4, -0.2) is 38.4 Å². The summed E-state index contributed by atoms with van der Waals surface area (Å²) in [5, 5.41) is 7.33. The molecular formula is C23H32ClN5O2S. The Labute approximate surface area is 198 Å². The van der Waals surface area contributed by atoms with Crippen LogP contribution < -0.4 is 11.1 Å². The predicted octanol–water partition coefficient (Wildman–Crippen LogP) is 4.79. The highest BCUT2D eigenvalue weighted by Crippen LogP contribution is 2.30. The smallest absolute Gasteiger partial charge is 0.269 e. The number of nitrogens with zero attached hydrogens (tertiary/aromatic N) is 3. The summed E-state index contributed by atoms with van der Waals surface area (Å²) in [4.78, 5) is 28.3. The molecule has 0 aliphatic heterocycles. The second-order valence-electron chi connectivity index (χ2n) is 9.72. The molecule has 2 unspecified atom stereocenters. The molecule has 3 N–H and O–H groups in total. The number of hydrogen-bond acceptors (Lipinski definition) is 6. The fourth-order valence-corrected chi connectivity index (χ4v) is 4.79. The molecule has 1 aliphatic rings. The summed E-state index contributed by atoms with van der Waals surface area (Å²) in [6.07, 6.45) is 4.39. The molecule has 2 atom stereocenters. The molecule has 7 nitrogen and oxygen atoms in total. The van der Waals surface area contributed by atoms with E-state index in [0.717, 1.165) is 42.8 Å². The van der Waals surface area contributed by atoms with E-state index in [2.05, 4.69) is 35.7 Å². The van der Waals surface area contributed by atoms with Gasteiger partial charge in [-0.15, -0.1) is 5.10 Å². The lowest BCUT2D eigenvalue weighted by Gasteiger charge is -2.39. The van der Waals surface area contributed by atoms with Crippen LogP contribution in [0.2, 0.25) is 5.02 Å². The highest BCUT2D eigenvalue weighted by molar-refractivity contribution is 7.08. The highest BCUT2D eigenvalue weighted by atomic mass is 35.5. The second kappa shape index (κ2) is 10.3. The number of anilines is 1. The van der Waals surface area contributed by atoms with Crippen molar-refractivity contribution in [1.29, 1.82) is 0 Å². The van der Waals surface area contributed by atoms with Crippen LogP contribution in [0.1, 0.15) is 73.8 Å². The normalized spacial score (nSPS) is 18.9. The van der Waals surface area contributed by atoms with E-state index in [1.807, 2.05) is 11.0 Å². The van der Waals surface area contributed by atoms with Crippen molar-refractivity contribution in [2.24, 2.45) is 11.1 Å². The van der Waals surface area contributed by atoms with E-state index < -0.39 is 0 Å². The Morgan fingerprint density at radius 3 is 2.62 bits per heavy atom. The van der Waals surface area contributed by atoms with Crippen molar-refractivity contribution in [3.05, 3.63) is 39.4 Å². The van der Waals surface area contributed by atoms with Gasteiger partial charge in [-0.05, 0) is 60.5 Å². The fraction of sp³-hybridized carbons (Fsp3) is 0.565. The van der Waals surface area contributed by atoms with Crippen molar-refractivity contribution in [3.8, 4) is 0 Å². The van der Waals surface area contributed by atoms with Gasteiger partial charge in [-0.3, -0.25) is 9.59 Å². The SMILES string of the molecule is Cc1nnsc1C(=O)Nc1ccc(Cl)c(CN(C(=O)CC(C)(C)C)C2CCCCC2N)c1. The molecule has 1 aromatic carbocycles. The van der Waals surface area contributed by atoms with Gasteiger partial charge in [-0.1, -0.05) is 49.7 Å². The third-order valence-electron chi connectivity index (χ3n) is 5.69. The number of carbonyl (C=O) groups excluding carboxylic acids is 2. The number of nitrogens with two attached hydrogens (primary N) is 1. The van der Waals surface area contributed by atoms with Crippen LogP contribution in [0.5, 0.6) is 0 Å². The quantitative estimate of drug-likeness (QED) is 0.623. The van der Waals surface area contributed by atoms with E-state index in [0.29, 0.717) is 34.2 Å². The largest absolute Gasteiger partial charge is 0.334 e. The molecule has 2 aromatic rings. The molecule has 1 heterocycles. The first-order valence-electron chi connectivity index (χ1n) is 11.0. The first-order chi connectivity index (χ1) is 15.0. The van der Waals surface area contributed by atoms with E-state index >= 15 is 0 Å². The minimum Gasteiger partial charge on any atom is -0.334 e. The number of rotatable bonds is 6. The van der Waals surface area contributed by atoms with Crippen molar-refractivity contribution >= 4 is 40.6 Å². The van der Waals surface area contributed by atoms with Gasteiger partial charge in [0.2, 0.25) is 5.91 Å². The summed E-state index contributed by atoms with van der Waals surface area (Å²) in [6, 6.07) is 5.27. The third-order valence-corrected chi connectivity index (χ3v) is 6.88. The van der Waals surface area contributed by atoms with E-state index in [-0.39, 0.29) is 29.3 Å². The minimum absolute atomic E-state index is 0.0150. The lowest BCUT2D eigenvalue weighted by molar-refractivity contribution is -0.137. The summed E-state index contributed by atoms with van der Waals surface area (Å²) in [5.41, 5.74) is 8.29. The fourth-order valence-electron chi connectivity index (χ4n) is 4.06. The van der Waals surface area contributed by atoms with Gasteiger partial charge in [0.1, 0.15) is 4.88 Å². The molecule has 0 saturated heterocycles. The van der Waals surface area contributed by atoms with E-state index in [1.54, 1.807) is 19.1 Å². The van der Waals surface area contributed by atoms with E-state index in [9.17, 15) is 9.59 Å². The van der Waals surface area contributed by atoms with Crippen LogP contribution in [0, 0.1) is 12.3 Å². The maximum Gasteiger partial charge on any atom is 0.269 e. The van der Waals surface area contributed by atoms with Crippen molar-refractivity contribution in [1.82, 2.24) is 14.5 Å². The molecule has 32 heavy (non-hydrogen) atoms. The molecule has 0 radical (unpaired) electrons. The Morgan fingerprint density at radius 1 is 1.28 bits per heavy atom. The van der Waals surface area contributed by atoms with Gasteiger partial charge < -0.3 is 16.0 Å². The number of halogens is 1. The van der Waals surface area contributed by atoms with Crippen molar-refractivity contribution in [3.63, 3.8) is 0 Å². The van der Waals surface area contributed by atoms with Crippen LogP contribution in [0.15, 0.2) is 18.2 Å². The van der Waals surface area contributed by atoms with E-state index in [4.69, 9.17) is 17.3 Å². The number of aromatic nitrogens is 2. The van der Waals surface area contributed by atoms with Crippen molar-refractivity contribution < 1.29 is 9.59 Å². The summed E-state index contributed by atoms with van der Waals surface area (Å²) in [7, 11) is 0. The molecule has 1 fully saturated rings. The predicted molar refractivity (Wildman–Crippen MR) is 129 cm³/mol. The molecule has 1 saturated carbocycles. The Morgan fingerprint density at radius 2 is 2.00 bits per heavy atom. The number of hydrogen-bond donors (Lipinski definition) is 2. The summed E-state index contributed by atoms with van der Waals surface area (Å²) in [5.74, 6) is -0.183. The first-order valence-corrected chi connectivity index (χ1v) is 12.1. The summed E-state index contributed by atoms with van der Waals surface area (Å²) >= 11 is 7.57. The standard InChI is InChI=1S/C23H32ClN5O2S/c1-14-21(32-28-27-14)22(31)26-16-9-10-17(24)15(11-16)13-29(20(30)12-23(2,3)4)19-8-6-5-7-18(19)25/h9-11,18-19H,5-8,12-13,25H2,1-4H3,(H,26,31). The summed E-state index contributed by atoms with van der Waals surface area (Å²) < 4.78 is 3.82. The molecule has 0 spiro atoms. The lowest BCUT2D eigenvalue weighted by Crippen LogP contribution is -2.52. The molecule has 174 valence electrons. The van der Waals surface area contributed by atoms with Gasteiger partial charge in [0.15, 0.2) is 0 Å². The van der Waals surface area contributed by atoms with Crippen molar-refractivity contribution in [2.75, 3.05) is 5.32 Å². The molecule has 1 aromatic heterocycles. The molecule has 0 bridgehead atoms. The summed E-state index contributed by atoms with van der Waals surface area (Å²) in [6.45, 7) is 8.28. The Kier molecular flexibility index (Phi) is 7.90. The number of benzene rings is 1. The van der Waals surface area contributed by atoms with Gasteiger partial charge in [0.25, 0.3) is 5.91 Å². The average molecular weight is 478 g/mol. The van der Waals surface area contributed by atoms with Gasteiger partial charge in [0.05, 0.1) is 5.69 Å². The molecule has 2 amide bonds. The maximum atomic E-state index is 13.3. The maximum absolute atomic E-state index is 13.3. The third kappa shape index (κ3) is 6.27. The van der Waals surface area contributed by atoms with Gasteiger partial charge >= 0.3 is 0 Å². The minimum atomic E-state index is -0.263. The molecular weight excluding hydrogens is 446 g/mol. The zero-order chi connectivity index (χ0) is 23.5. The zero-order valence-electron chi connectivity index (χ0n) is 19.2. The number of nitrogens with one attached hydrogen (secondary N) is 1. The van der Waals surface area contributed by atoms with Crippen LogP contribution in [-0.2, 0) is 11.3 Å². The van der Waals surface area contributed by atoms with Gasteiger partial charge in [-0.25, -0.2) is 0 Å². The van der Waals surface area contributed by atoms with Gasteiger partial charge in [-0.2, -0.15) is 0 Å². The van der Waals surface area contributed by atoms with Crippen LogP contribution >= 0.6 is 23.1 Å².